The van der Waals surface area contributed by atoms with Crippen molar-refractivity contribution < 1.29 is 0 Å². The number of likely N-dealkylation sites (N-methyl/N-ethyl adjacent to an activating group) is 1. The van der Waals surface area contributed by atoms with Gasteiger partial charge in [-0.25, -0.2) is 0 Å². The van der Waals surface area contributed by atoms with Crippen LogP contribution in [0.25, 0.3) is 0 Å². The minimum atomic E-state index is 0.581. The predicted octanol–water partition coefficient (Wildman–Crippen LogP) is 2.70. The van der Waals surface area contributed by atoms with Crippen LogP contribution in [0.4, 0.5) is 0 Å². The van der Waals surface area contributed by atoms with Crippen molar-refractivity contribution in [3.63, 3.8) is 0 Å². The molecule has 0 saturated heterocycles. The Morgan fingerprint density at radius 2 is 1.95 bits per heavy atom. The first kappa shape index (κ1) is 18.5. The van der Waals surface area contributed by atoms with Gasteiger partial charge in [-0.2, -0.15) is 0 Å². The van der Waals surface area contributed by atoms with Gasteiger partial charge in [-0.15, -0.1) is 0 Å². The van der Waals surface area contributed by atoms with E-state index in [9.17, 15) is 0 Å². The Bertz CT molecular complexity index is 480. The molecule has 0 saturated carbocycles. The van der Waals surface area contributed by atoms with Gasteiger partial charge in [0.15, 0.2) is 5.96 Å². The Labute approximate surface area is 136 Å². The van der Waals surface area contributed by atoms with Gasteiger partial charge in [0.05, 0.1) is 0 Å². The topological polar surface area (TPSA) is 39.7 Å². The van der Waals surface area contributed by atoms with Gasteiger partial charge in [0.1, 0.15) is 0 Å². The van der Waals surface area contributed by atoms with Crippen molar-refractivity contribution in [3.8, 4) is 0 Å². The van der Waals surface area contributed by atoms with Crippen LogP contribution in [0.2, 0.25) is 0 Å². The fraction of sp³-hybridized carbons (Fsp3) is 0.611. The van der Waals surface area contributed by atoms with Gasteiger partial charge in [-0.1, -0.05) is 30.7 Å². The minimum absolute atomic E-state index is 0.581. The molecule has 0 spiro atoms. The van der Waals surface area contributed by atoms with Crippen molar-refractivity contribution in [2.24, 2.45) is 4.99 Å². The number of nitrogens with zero attached hydrogens (tertiary/aromatic N) is 2. The SMILES string of the molecule is CCN(CCNC(=NC)NCc1ccc(C)cc1C)C(C)C. The van der Waals surface area contributed by atoms with Crippen molar-refractivity contribution in [1.29, 1.82) is 0 Å². The molecule has 0 bridgehead atoms. The average Bonchev–Trinajstić information content (AvgIpc) is 2.47. The maximum atomic E-state index is 4.29. The van der Waals surface area contributed by atoms with Crippen LogP contribution in [0.15, 0.2) is 23.2 Å². The summed E-state index contributed by atoms with van der Waals surface area (Å²) >= 11 is 0. The van der Waals surface area contributed by atoms with Gasteiger partial charge in [-0.05, 0) is 45.4 Å². The first-order chi connectivity index (χ1) is 10.5. The van der Waals surface area contributed by atoms with Crippen molar-refractivity contribution in [3.05, 3.63) is 34.9 Å². The molecular formula is C18H32N4. The second-order valence-corrected chi connectivity index (χ2v) is 6.00. The highest BCUT2D eigenvalue weighted by atomic mass is 15.2. The second kappa shape index (κ2) is 9.46. The van der Waals surface area contributed by atoms with E-state index in [1.54, 1.807) is 0 Å². The summed E-state index contributed by atoms with van der Waals surface area (Å²) in [5.41, 5.74) is 3.93. The number of rotatable bonds is 7. The third-order valence-corrected chi connectivity index (χ3v) is 4.00. The highest BCUT2D eigenvalue weighted by Crippen LogP contribution is 2.09. The summed E-state index contributed by atoms with van der Waals surface area (Å²) in [4.78, 5) is 6.73. The lowest BCUT2D eigenvalue weighted by atomic mass is 10.1. The second-order valence-electron chi connectivity index (χ2n) is 6.00. The molecule has 4 heteroatoms. The Morgan fingerprint density at radius 1 is 1.23 bits per heavy atom. The van der Waals surface area contributed by atoms with E-state index >= 15 is 0 Å². The monoisotopic (exact) mass is 304 g/mol. The third kappa shape index (κ3) is 6.06. The molecule has 2 N–H and O–H groups in total. The molecule has 0 atom stereocenters. The number of benzene rings is 1. The molecule has 0 heterocycles. The van der Waals surface area contributed by atoms with E-state index in [0.29, 0.717) is 6.04 Å². The van der Waals surface area contributed by atoms with Crippen LogP contribution in [-0.4, -0.2) is 43.6 Å². The molecule has 0 aliphatic rings. The third-order valence-electron chi connectivity index (χ3n) is 4.00. The summed E-state index contributed by atoms with van der Waals surface area (Å²) in [5.74, 6) is 0.861. The molecule has 0 aliphatic heterocycles. The zero-order valence-corrected chi connectivity index (χ0v) is 15.0. The fourth-order valence-electron chi connectivity index (χ4n) is 2.54. The Kier molecular flexibility index (Phi) is 7.96. The molecular weight excluding hydrogens is 272 g/mol. The van der Waals surface area contributed by atoms with E-state index in [4.69, 9.17) is 0 Å². The molecule has 0 aliphatic carbocycles. The number of nitrogens with one attached hydrogen (secondary N) is 2. The lowest BCUT2D eigenvalue weighted by Crippen LogP contribution is -2.42. The van der Waals surface area contributed by atoms with E-state index in [-0.39, 0.29) is 0 Å². The number of aryl methyl sites for hydroxylation is 2. The van der Waals surface area contributed by atoms with Crippen molar-refractivity contribution >= 4 is 5.96 Å². The number of guanidine groups is 1. The zero-order chi connectivity index (χ0) is 16.5. The molecule has 1 aromatic rings. The van der Waals surface area contributed by atoms with Crippen LogP contribution in [0, 0.1) is 13.8 Å². The highest BCUT2D eigenvalue weighted by Gasteiger charge is 2.06. The molecule has 0 fully saturated rings. The maximum absolute atomic E-state index is 4.29. The zero-order valence-electron chi connectivity index (χ0n) is 15.0. The minimum Gasteiger partial charge on any atom is -0.355 e. The quantitative estimate of drug-likeness (QED) is 0.601. The van der Waals surface area contributed by atoms with Crippen LogP contribution in [-0.2, 0) is 6.54 Å². The summed E-state index contributed by atoms with van der Waals surface area (Å²) in [6.45, 7) is 14.7. The van der Waals surface area contributed by atoms with Gasteiger partial charge < -0.3 is 10.6 Å². The molecule has 22 heavy (non-hydrogen) atoms. The maximum Gasteiger partial charge on any atom is 0.191 e. The largest absolute Gasteiger partial charge is 0.355 e. The first-order valence-corrected chi connectivity index (χ1v) is 8.22. The van der Waals surface area contributed by atoms with E-state index in [1.807, 2.05) is 7.05 Å². The molecule has 124 valence electrons. The van der Waals surface area contributed by atoms with E-state index < -0.39 is 0 Å². The Morgan fingerprint density at radius 3 is 2.50 bits per heavy atom. The van der Waals surface area contributed by atoms with Gasteiger partial charge in [0, 0.05) is 32.7 Å². The summed E-state index contributed by atoms with van der Waals surface area (Å²) < 4.78 is 0. The Hall–Kier alpha value is -1.55. The van der Waals surface area contributed by atoms with Crippen LogP contribution >= 0.6 is 0 Å². The van der Waals surface area contributed by atoms with E-state index in [1.165, 1.54) is 16.7 Å². The van der Waals surface area contributed by atoms with Crippen LogP contribution in [0.1, 0.15) is 37.5 Å². The number of hydrogen-bond acceptors (Lipinski definition) is 2. The average molecular weight is 304 g/mol. The van der Waals surface area contributed by atoms with Gasteiger partial charge in [0.2, 0.25) is 0 Å². The molecule has 1 rings (SSSR count). The molecule has 0 radical (unpaired) electrons. The van der Waals surface area contributed by atoms with E-state index in [2.05, 4.69) is 73.3 Å². The van der Waals surface area contributed by atoms with Crippen molar-refractivity contribution in [2.75, 3.05) is 26.7 Å². The molecule has 1 aromatic carbocycles. The smallest absolute Gasteiger partial charge is 0.191 e. The molecule has 0 unspecified atom stereocenters. The lowest BCUT2D eigenvalue weighted by molar-refractivity contribution is 0.237. The summed E-state index contributed by atoms with van der Waals surface area (Å²) in [6.07, 6.45) is 0. The van der Waals surface area contributed by atoms with Crippen molar-refractivity contribution in [2.45, 2.75) is 47.2 Å². The molecule has 4 nitrogen and oxygen atoms in total. The van der Waals surface area contributed by atoms with Crippen molar-refractivity contribution in [1.82, 2.24) is 15.5 Å². The summed E-state index contributed by atoms with van der Waals surface area (Å²) in [5, 5.41) is 6.77. The number of aliphatic imine (C=N–C) groups is 1. The highest BCUT2D eigenvalue weighted by molar-refractivity contribution is 5.79. The molecule has 0 aromatic heterocycles. The van der Waals surface area contributed by atoms with Crippen LogP contribution < -0.4 is 10.6 Å². The van der Waals surface area contributed by atoms with Gasteiger partial charge in [0.25, 0.3) is 0 Å². The predicted molar refractivity (Wildman–Crippen MR) is 96.5 cm³/mol. The van der Waals surface area contributed by atoms with Crippen LogP contribution in [0.3, 0.4) is 0 Å². The lowest BCUT2D eigenvalue weighted by Gasteiger charge is -2.25. The Balaban J connectivity index is 2.43. The van der Waals surface area contributed by atoms with Gasteiger partial charge >= 0.3 is 0 Å². The summed E-state index contributed by atoms with van der Waals surface area (Å²) in [7, 11) is 1.82. The van der Waals surface area contributed by atoms with Gasteiger partial charge in [-0.3, -0.25) is 9.89 Å². The molecule has 0 amide bonds. The normalized spacial score (nSPS) is 12.1. The standard InChI is InChI=1S/C18H32N4/c1-7-22(14(2)3)11-10-20-18(19-6)21-13-17-9-8-15(4)12-16(17)5/h8-9,12,14H,7,10-11,13H2,1-6H3,(H2,19,20,21). The summed E-state index contributed by atoms with van der Waals surface area (Å²) in [6, 6.07) is 7.14. The first-order valence-electron chi connectivity index (χ1n) is 8.22. The number of hydrogen-bond donors (Lipinski definition) is 2. The van der Waals surface area contributed by atoms with Crippen LogP contribution in [0.5, 0.6) is 0 Å². The fourth-order valence-corrected chi connectivity index (χ4v) is 2.54. The van der Waals surface area contributed by atoms with E-state index in [0.717, 1.165) is 32.1 Å².